The largest absolute Gasteiger partial charge is 0.462 e. The van der Waals surface area contributed by atoms with Crippen LogP contribution in [0.4, 0.5) is 0 Å². The molecule has 0 radical (unpaired) electrons. The van der Waals surface area contributed by atoms with E-state index in [0.717, 1.165) is 77.0 Å². The molecule has 0 aliphatic heterocycles. The number of hydrogen-bond donors (Lipinski definition) is 0. The van der Waals surface area contributed by atoms with E-state index < -0.39 is 6.10 Å². The fourth-order valence-corrected chi connectivity index (χ4v) is 9.50. The molecule has 0 bridgehead atoms. The molecule has 0 heterocycles. The first-order valence-corrected chi connectivity index (χ1v) is 31.4. The van der Waals surface area contributed by atoms with Gasteiger partial charge in [-0.3, -0.25) is 14.4 Å². The van der Waals surface area contributed by atoms with E-state index >= 15 is 0 Å². The van der Waals surface area contributed by atoms with Crippen LogP contribution in [0.15, 0.2) is 24.3 Å². The van der Waals surface area contributed by atoms with Gasteiger partial charge in [0.15, 0.2) is 6.10 Å². The smallest absolute Gasteiger partial charge is 0.306 e. The van der Waals surface area contributed by atoms with E-state index in [1.54, 1.807) is 0 Å². The maximum absolute atomic E-state index is 12.9. The van der Waals surface area contributed by atoms with Crippen molar-refractivity contribution < 1.29 is 28.6 Å². The maximum atomic E-state index is 12.9. The van der Waals surface area contributed by atoms with E-state index in [4.69, 9.17) is 14.2 Å². The number of rotatable bonds is 58. The van der Waals surface area contributed by atoms with Crippen LogP contribution in [0.25, 0.3) is 0 Å². The van der Waals surface area contributed by atoms with E-state index in [2.05, 4.69) is 45.1 Å². The summed E-state index contributed by atoms with van der Waals surface area (Å²) in [6, 6.07) is 0. The van der Waals surface area contributed by atoms with Crippen molar-refractivity contribution in [3.05, 3.63) is 24.3 Å². The topological polar surface area (TPSA) is 78.9 Å². The number of allylic oxidation sites excluding steroid dienone is 4. The summed E-state index contributed by atoms with van der Waals surface area (Å²) in [6.45, 7) is 6.69. The first kappa shape index (κ1) is 67.9. The number of hydrogen-bond acceptors (Lipinski definition) is 6. The van der Waals surface area contributed by atoms with Gasteiger partial charge < -0.3 is 14.2 Å². The molecular formula is C64H120O6. The molecule has 412 valence electrons. The number of esters is 3. The van der Waals surface area contributed by atoms with Gasteiger partial charge in [0.05, 0.1) is 0 Å². The van der Waals surface area contributed by atoms with Crippen molar-refractivity contribution in [1.82, 2.24) is 0 Å². The second-order valence-corrected chi connectivity index (χ2v) is 21.4. The van der Waals surface area contributed by atoms with Gasteiger partial charge in [0.25, 0.3) is 0 Å². The molecule has 0 fully saturated rings. The molecule has 1 atom stereocenters. The Morgan fingerprint density at radius 2 is 0.500 bits per heavy atom. The van der Waals surface area contributed by atoms with Crippen LogP contribution in [0.3, 0.4) is 0 Å². The Bertz CT molecular complexity index is 1130. The van der Waals surface area contributed by atoms with E-state index in [9.17, 15) is 14.4 Å². The van der Waals surface area contributed by atoms with Crippen LogP contribution >= 0.6 is 0 Å². The number of unbranched alkanes of at least 4 members (excludes halogenated alkanes) is 44. The molecule has 0 saturated carbocycles. The van der Waals surface area contributed by atoms with Gasteiger partial charge in [0.1, 0.15) is 13.2 Å². The van der Waals surface area contributed by atoms with Crippen LogP contribution in [-0.2, 0) is 28.6 Å². The molecule has 0 saturated heterocycles. The average Bonchev–Trinajstić information content (AvgIpc) is 3.36. The van der Waals surface area contributed by atoms with Crippen LogP contribution in [-0.4, -0.2) is 37.2 Å². The minimum absolute atomic E-state index is 0.0701. The average molecular weight is 986 g/mol. The van der Waals surface area contributed by atoms with Crippen LogP contribution in [0.5, 0.6) is 0 Å². The third kappa shape index (κ3) is 56.8. The minimum Gasteiger partial charge on any atom is -0.462 e. The Morgan fingerprint density at radius 3 is 0.757 bits per heavy atom. The quantitative estimate of drug-likeness (QED) is 0.0261. The summed E-state index contributed by atoms with van der Waals surface area (Å²) >= 11 is 0. The number of ether oxygens (including phenoxy) is 3. The number of carbonyl (C=O) groups is 3. The Hall–Kier alpha value is -2.11. The molecular weight excluding hydrogens is 865 g/mol. The molecule has 0 N–H and O–H groups in total. The van der Waals surface area contributed by atoms with Crippen LogP contribution in [0, 0.1) is 0 Å². The molecule has 0 aromatic heterocycles. The second kappa shape index (κ2) is 59.5. The second-order valence-electron chi connectivity index (χ2n) is 21.4. The summed E-state index contributed by atoms with van der Waals surface area (Å²) in [5.41, 5.74) is 0. The van der Waals surface area contributed by atoms with Crippen molar-refractivity contribution in [2.45, 2.75) is 354 Å². The lowest BCUT2D eigenvalue weighted by Crippen LogP contribution is -2.30. The van der Waals surface area contributed by atoms with Crippen molar-refractivity contribution in [3.63, 3.8) is 0 Å². The first-order valence-electron chi connectivity index (χ1n) is 31.4. The molecule has 6 heteroatoms. The van der Waals surface area contributed by atoms with E-state index in [-0.39, 0.29) is 31.1 Å². The fraction of sp³-hybridized carbons (Fsp3) is 0.891. The lowest BCUT2D eigenvalue weighted by molar-refractivity contribution is -0.167. The summed E-state index contributed by atoms with van der Waals surface area (Å²) < 4.78 is 16.9. The van der Waals surface area contributed by atoms with Gasteiger partial charge >= 0.3 is 17.9 Å². The van der Waals surface area contributed by atoms with Crippen molar-refractivity contribution in [2.75, 3.05) is 13.2 Å². The zero-order valence-corrected chi connectivity index (χ0v) is 47.3. The molecule has 0 aliphatic rings. The molecule has 0 aromatic carbocycles. The van der Waals surface area contributed by atoms with Crippen molar-refractivity contribution in [2.24, 2.45) is 0 Å². The lowest BCUT2D eigenvalue weighted by atomic mass is 10.0. The molecule has 70 heavy (non-hydrogen) atoms. The maximum Gasteiger partial charge on any atom is 0.306 e. The normalized spacial score (nSPS) is 12.1. The molecule has 0 aliphatic carbocycles. The van der Waals surface area contributed by atoms with Gasteiger partial charge in [-0.05, 0) is 44.9 Å². The van der Waals surface area contributed by atoms with Crippen molar-refractivity contribution in [3.8, 4) is 0 Å². The Labute approximate surface area is 436 Å². The predicted molar refractivity (Wildman–Crippen MR) is 303 cm³/mol. The Balaban J connectivity index is 4.34. The fourth-order valence-electron chi connectivity index (χ4n) is 9.50. The summed E-state index contributed by atoms with van der Waals surface area (Å²) in [5, 5.41) is 0. The summed E-state index contributed by atoms with van der Waals surface area (Å²) in [6.07, 6.45) is 70.3. The van der Waals surface area contributed by atoms with Crippen LogP contribution in [0.2, 0.25) is 0 Å². The van der Waals surface area contributed by atoms with Gasteiger partial charge in [-0.1, -0.05) is 308 Å². The van der Waals surface area contributed by atoms with Gasteiger partial charge in [0, 0.05) is 19.3 Å². The van der Waals surface area contributed by atoms with Crippen LogP contribution in [0.1, 0.15) is 348 Å². The highest BCUT2D eigenvalue weighted by atomic mass is 16.6. The minimum atomic E-state index is -0.773. The predicted octanol–water partition coefficient (Wildman–Crippen LogP) is 21.1. The summed E-state index contributed by atoms with van der Waals surface area (Å²) in [4.78, 5) is 38.3. The third-order valence-corrected chi connectivity index (χ3v) is 14.2. The number of carbonyl (C=O) groups excluding carboxylic acids is 3. The van der Waals surface area contributed by atoms with Crippen LogP contribution < -0.4 is 0 Å². The lowest BCUT2D eigenvalue weighted by Gasteiger charge is -2.18. The highest BCUT2D eigenvalue weighted by Crippen LogP contribution is 2.18. The first-order chi connectivity index (χ1) is 34.5. The summed E-state index contributed by atoms with van der Waals surface area (Å²) in [7, 11) is 0. The molecule has 0 spiro atoms. The Morgan fingerprint density at radius 1 is 0.286 bits per heavy atom. The van der Waals surface area contributed by atoms with Gasteiger partial charge in [-0.25, -0.2) is 0 Å². The Kier molecular flexibility index (Phi) is 57.7. The van der Waals surface area contributed by atoms with E-state index in [1.165, 1.54) is 231 Å². The monoisotopic (exact) mass is 985 g/mol. The van der Waals surface area contributed by atoms with Gasteiger partial charge in [0.2, 0.25) is 0 Å². The molecule has 0 rings (SSSR count). The molecule has 0 amide bonds. The van der Waals surface area contributed by atoms with Gasteiger partial charge in [-0.2, -0.15) is 0 Å². The van der Waals surface area contributed by atoms with Crippen molar-refractivity contribution in [1.29, 1.82) is 0 Å². The summed E-state index contributed by atoms with van der Waals surface area (Å²) in [5.74, 6) is -0.858. The van der Waals surface area contributed by atoms with E-state index in [1.807, 2.05) is 0 Å². The van der Waals surface area contributed by atoms with E-state index in [0.29, 0.717) is 19.3 Å². The zero-order valence-electron chi connectivity index (χ0n) is 47.3. The zero-order chi connectivity index (χ0) is 50.7. The molecule has 6 nitrogen and oxygen atoms in total. The highest BCUT2D eigenvalue weighted by Gasteiger charge is 2.19. The third-order valence-electron chi connectivity index (χ3n) is 14.2. The SMILES string of the molecule is CCCCCCCCC/C=C\C=C/CCCCCCCC(=O)OCC(COC(=O)CCCCCCCCCCCCCCCCCCC)OC(=O)CCCCCCCCCCCCCCCCCCC. The standard InChI is InChI=1S/C64H120O6/c1-4-7-10-13-16-19-22-25-28-31-34-36-39-42-45-48-51-54-57-63(66)69-60-61(70-64(67)58-55-52-49-46-43-40-37-33-30-27-24-21-18-15-12-9-6-3)59-68-62(65)56-53-50-47-44-41-38-35-32-29-26-23-20-17-14-11-8-5-2/h28,31,34,36,61H,4-27,29-30,32-33,35,37-60H2,1-3H3/b31-28-,36-34-. The van der Waals surface area contributed by atoms with Gasteiger partial charge in [-0.15, -0.1) is 0 Å². The molecule has 1 unspecified atom stereocenters. The van der Waals surface area contributed by atoms with Crippen molar-refractivity contribution >= 4 is 17.9 Å². The highest BCUT2D eigenvalue weighted by molar-refractivity contribution is 5.71. The molecule has 0 aromatic rings.